The van der Waals surface area contributed by atoms with Crippen LogP contribution in [0.25, 0.3) is 16.6 Å². The lowest BCUT2D eigenvalue weighted by atomic mass is 10.1. The Morgan fingerprint density at radius 3 is 2.67 bits per heavy atom. The molecule has 5 heteroatoms. The predicted octanol–water partition coefficient (Wildman–Crippen LogP) is 4.20. The van der Waals surface area contributed by atoms with Crippen molar-refractivity contribution in [3.8, 4) is 0 Å². The van der Waals surface area contributed by atoms with Gasteiger partial charge < -0.3 is 5.32 Å². The third-order valence-electron chi connectivity index (χ3n) is 4.48. The van der Waals surface area contributed by atoms with Crippen molar-refractivity contribution in [2.75, 3.05) is 5.32 Å². The Balaban J connectivity index is 1.98. The molecule has 0 unspecified atom stereocenters. The summed E-state index contributed by atoms with van der Waals surface area (Å²) in [5.41, 5.74) is 5.26. The van der Waals surface area contributed by atoms with E-state index in [1.54, 1.807) is 0 Å². The molecule has 5 nitrogen and oxygen atoms in total. The molecule has 2 aromatic heterocycles. The van der Waals surface area contributed by atoms with Crippen LogP contribution in [0.1, 0.15) is 23.9 Å². The monoisotopic (exact) mass is 317 g/mol. The van der Waals surface area contributed by atoms with E-state index >= 15 is 0 Å². The van der Waals surface area contributed by atoms with Gasteiger partial charge in [-0.05, 0) is 43.2 Å². The first-order chi connectivity index (χ1) is 11.7. The van der Waals surface area contributed by atoms with Gasteiger partial charge >= 0.3 is 0 Å². The Bertz CT molecular complexity index is 1050. The van der Waals surface area contributed by atoms with Crippen molar-refractivity contribution in [2.24, 2.45) is 0 Å². The molecule has 0 bridgehead atoms. The highest BCUT2D eigenvalue weighted by molar-refractivity contribution is 5.92. The zero-order chi connectivity index (χ0) is 16.7. The van der Waals surface area contributed by atoms with Gasteiger partial charge in [0.2, 0.25) is 5.95 Å². The van der Waals surface area contributed by atoms with Crippen molar-refractivity contribution in [3.63, 3.8) is 0 Å². The van der Waals surface area contributed by atoms with Crippen molar-refractivity contribution in [3.05, 3.63) is 59.4 Å². The third-order valence-corrected chi connectivity index (χ3v) is 4.48. The van der Waals surface area contributed by atoms with Gasteiger partial charge in [0, 0.05) is 17.5 Å². The minimum Gasteiger partial charge on any atom is -0.325 e. The lowest BCUT2D eigenvalue weighted by Gasteiger charge is -2.14. The summed E-state index contributed by atoms with van der Waals surface area (Å²) in [6, 6.07) is 14.3. The topological polar surface area (TPSA) is 55.1 Å². The second-order valence-electron chi connectivity index (χ2n) is 5.95. The predicted molar refractivity (Wildman–Crippen MR) is 96.9 cm³/mol. The molecule has 0 spiro atoms. The molecule has 0 fully saturated rings. The molecule has 4 rings (SSSR count). The smallest absolute Gasteiger partial charge is 0.215 e. The maximum absolute atomic E-state index is 4.82. The van der Waals surface area contributed by atoms with Crippen LogP contribution < -0.4 is 5.32 Å². The summed E-state index contributed by atoms with van der Waals surface area (Å²) in [7, 11) is 0. The number of nitrogens with zero attached hydrogens (tertiary/aromatic N) is 4. The lowest BCUT2D eigenvalue weighted by Crippen LogP contribution is -2.06. The number of nitrogens with one attached hydrogen (secondary N) is 1. The van der Waals surface area contributed by atoms with Crippen molar-refractivity contribution in [2.45, 2.75) is 27.2 Å². The van der Waals surface area contributed by atoms with E-state index in [0.717, 1.165) is 40.4 Å². The Morgan fingerprint density at radius 2 is 1.83 bits per heavy atom. The quantitative estimate of drug-likeness (QED) is 0.615. The summed E-state index contributed by atoms with van der Waals surface area (Å²) < 4.78 is 2.02. The lowest BCUT2D eigenvalue weighted by molar-refractivity contribution is 0.904. The van der Waals surface area contributed by atoms with E-state index in [0.29, 0.717) is 0 Å². The summed E-state index contributed by atoms with van der Waals surface area (Å²) in [6.45, 7) is 6.30. The van der Waals surface area contributed by atoms with E-state index in [9.17, 15) is 0 Å². The summed E-state index contributed by atoms with van der Waals surface area (Å²) >= 11 is 0. The van der Waals surface area contributed by atoms with Gasteiger partial charge in [-0.15, -0.1) is 10.2 Å². The number of aromatic nitrogens is 4. The number of benzene rings is 2. The van der Waals surface area contributed by atoms with Gasteiger partial charge in [-0.2, -0.15) is 0 Å². The fourth-order valence-corrected chi connectivity index (χ4v) is 2.96. The first kappa shape index (κ1) is 14.6. The van der Waals surface area contributed by atoms with E-state index in [1.165, 1.54) is 11.1 Å². The standard InChI is InChI=1S/C19H19N5/c1-4-17-22-23-18-14-9-5-6-10-16(14)21-19(24(17)18)20-15-11-7-8-12(2)13(15)3/h5-11H,4H2,1-3H3,(H,20,21). The van der Waals surface area contributed by atoms with Crippen molar-refractivity contribution in [1.29, 1.82) is 0 Å². The molecule has 24 heavy (non-hydrogen) atoms. The Kier molecular flexibility index (Phi) is 3.41. The van der Waals surface area contributed by atoms with Crippen LogP contribution in [0, 0.1) is 13.8 Å². The minimum absolute atomic E-state index is 0.749. The van der Waals surface area contributed by atoms with Gasteiger partial charge in [0.25, 0.3) is 0 Å². The molecule has 0 aliphatic rings. The molecular weight excluding hydrogens is 298 g/mol. The summed E-state index contributed by atoms with van der Waals surface area (Å²) in [5.74, 6) is 1.65. The molecule has 1 N–H and O–H groups in total. The van der Waals surface area contributed by atoms with Gasteiger partial charge in [-0.1, -0.05) is 31.2 Å². The number of hydrogen-bond acceptors (Lipinski definition) is 4. The normalized spacial score (nSPS) is 11.3. The molecule has 120 valence electrons. The SMILES string of the molecule is CCc1nnc2c3ccccc3nc(Nc3cccc(C)c3C)n12. The number of aryl methyl sites for hydroxylation is 2. The van der Waals surface area contributed by atoms with Crippen molar-refractivity contribution in [1.82, 2.24) is 19.6 Å². The maximum atomic E-state index is 4.82. The van der Waals surface area contributed by atoms with Crippen LogP contribution in [-0.4, -0.2) is 19.6 Å². The molecule has 0 atom stereocenters. The third kappa shape index (κ3) is 2.21. The average Bonchev–Trinajstić information content (AvgIpc) is 3.04. The van der Waals surface area contributed by atoms with Gasteiger partial charge in [-0.25, -0.2) is 9.38 Å². The van der Waals surface area contributed by atoms with E-state index in [2.05, 4.69) is 54.5 Å². The molecule has 0 aliphatic heterocycles. The summed E-state index contributed by atoms with van der Waals surface area (Å²) in [6.07, 6.45) is 0.794. The van der Waals surface area contributed by atoms with Crippen LogP contribution in [0.3, 0.4) is 0 Å². The zero-order valence-corrected chi connectivity index (χ0v) is 14.0. The minimum atomic E-state index is 0.749. The van der Waals surface area contributed by atoms with Gasteiger partial charge in [0.05, 0.1) is 5.52 Å². The largest absolute Gasteiger partial charge is 0.325 e. The Hall–Kier alpha value is -2.95. The highest BCUT2D eigenvalue weighted by Crippen LogP contribution is 2.26. The van der Waals surface area contributed by atoms with E-state index in [1.807, 2.05) is 28.7 Å². The Labute approximate surface area is 140 Å². The van der Waals surface area contributed by atoms with E-state index in [-0.39, 0.29) is 0 Å². The zero-order valence-electron chi connectivity index (χ0n) is 14.0. The van der Waals surface area contributed by atoms with E-state index < -0.39 is 0 Å². The van der Waals surface area contributed by atoms with Crippen LogP contribution in [0.2, 0.25) is 0 Å². The molecule has 0 amide bonds. The summed E-state index contributed by atoms with van der Waals surface area (Å²) in [4.78, 5) is 4.82. The fourth-order valence-electron chi connectivity index (χ4n) is 2.96. The van der Waals surface area contributed by atoms with Gasteiger partial charge in [0.1, 0.15) is 5.82 Å². The van der Waals surface area contributed by atoms with Crippen LogP contribution in [-0.2, 0) is 6.42 Å². The van der Waals surface area contributed by atoms with Gasteiger partial charge in [-0.3, -0.25) is 0 Å². The summed E-state index contributed by atoms with van der Waals surface area (Å²) in [5, 5.41) is 13.2. The molecule has 0 saturated heterocycles. The first-order valence-corrected chi connectivity index (χ1v) is 8.15. The molecule has 2 aromatic carbocycles. The van der Waals surface area contributed by atoms with Crippen LogP contribution in [0.4, 0.5) is 11.6 Å². The number of hydrogen-bond donors (Lipinski definition) is 1. The number of rotatable bonds is 3. The second kappa shape index (κ2) is 5.60. The van der Waals surface area contributed by atoms with Crippen LogP contribution in [0.5, 0.6) is 0 Å². The molecular formula is C19H19N5. The second-order valence-corrected chi connectivity index (χ2v) is 5.95. The maximum Gasteiger partial charge on any atom is 0.215 e. The fraction of sp³-hybridized carbons (Fsp3) is 0.211. The van der Waals surface area contributed by atoms with Gasteiger partial charge in [0.15, 0.2) is 5.65 Å². The highest BCUT2D eigenvalue weighted by Gasteiger charge is 2.14. The Morgan fingerprint density at radius 1 is 1.00 bits per heavy atom. The van der Waals surface area contributed by atoms with E-state index in [4.69, 9.17) is 4.98 Å². The molecule has 0 aliphatic carbocycles. The number of para-hydroxylation sites is 1. The number of anilines is 2. The van der Waals surface area contributed by atoms with Crippen LogP contribution >= 0.6 is 0 Å². The number of fused-ring (bicyclic) bond motifs is 3. The molecule has 0 saturated carbocycles. The highest BCUT2D eigenvalue weighted by atomic mass is 15.3. The first-order valence-electron chi connectivity index (χ1n) is 8.15. The molecule has 0 radical (unpaired) electrons. The van der Waals surface area contributed by atoms with Crippen molar-refractivity contribution >= 4 is 28.2 Å². The van der Waals surface area contributed by atoms with Crippen molar-refractivity contribution < 1.29 is 0 Å². The molecule has 2 heterocycles. The molecule has 4 aromatic rings. The average molecular weight is 317 g/mol. The van der Waals surface area contributed by atoms with Crippen LogP contribution in [0.15, 0.2) is 42.5 Å².